The van der Waals surface area contributed by atoms with E-state index in [-0.39, 0.29) is 23.6 Å². The summed E-state index contributed by atoms with van der Waals surface area (Å²) >= 11 is 1.37. The second-order valence-corrected chi connectivity index (χ2v) is 9.19. The fourth-order valence-corrected chi connectivity index (χ4v) is 5.03. The zero-order valence-corrected chi connectivity index (χ0v) is 19.6. The summed E-state index contributed by atoms with van der Waals surface area (Å²) in [6.07, 6.45) is 1.78. The van der Waals surface area contributed by atoms with Crippen molar-refractivity contribution >= 4 is 29.5 Å². The monoisotopic (exact) mass is 470 g/mol. The first kappa shape index (κ1) is 24.6. The fraction of sp³-hybridized carbons (Fsp3) is 0.400. The number of amides is 2. The first-order valence-corrected chi connectivity index (χ1v) is 12.1. The maximum Gasteiger partial charge on any atom is 0.305 e. The molecule has 2 atom stereocenters. The molecule has 1 saturated heterocycles. The molecule has 7 nitrogen and oxygen atoms in total. The van der Waals surface area contributed by atoms with E-state index in [9.17, 15) is 19.5 Å². The number of carboxylic acid groups (broad SMARTS) is 1. The van der Waals surface area contributed by atoms with Crippen molar-refractivity contribution in [1.29, 1.82) is 0 Å². The lowest BCUT2D eigenvalue weighted by molar-refractivity contribution is -0.140. The molecule has 1 aliphatic rings. The molecule has 33 heavy (non-hydrogen) atoms. The van der Waals surface area contributed by atoms with Gasteiger partial charge < -0.3 is 20.1 Å². The summed E-state index contributed by atoms with van der Waals surface area (Å²) in [4.78, 5) is 37.6. The molecule has 2 aromatic rings. The molecule has 0 saturated carbocycles. The first-order chi connectivity index (χ1) is 16.0. The average Bonchev–Trinajstić information content (AvgIpc) is 3.11. The number of carbonyl (C=O) groups is 3. The Balaban J connectivity index is 1.62. The Hall–Kier alpha value is -3.00. The van der Waals surface area contributed by atoms with Crippen molar-refractivity contribution in [3.63, 3.8) is 0 Å². The molecule has 2 N–H and O–H groups in total. The molecule has 0 spiro atoms. The number of thioether (sulfide) groups is 1. The lowest BCUT2D eigenvalue weighted by Crippen LogP contribution is -2.31. The number of carboxylic acids is 1. The van der Waals surface area contributed by atoms with Crippen molar-refractivity contribution < 1.29 is 24.2 Å². The standard InChI is InChI=1S/C25H30N2O5S/c1-2-14-26-22(28)9-6-15-32-20-12-10-19(11-13-20)25-27(17-18-7-4-3-5-8-18)24(31)21(33-25)16-23(29)30/h3-5,7-8,10-13,21,25H,2,6,9,14-17H2,1H3,(H,26,28)(H,29,30). The minimum absolute atomic E-state index is 0.0353. The van der Waals surface area contributed by atoms with Gasteiger partial charge >= 0.3 is 5.97 Å². The molecule has 0 aliphatic carbocycles. The normalized spacial score (nSPS) is 17.7. The van der Waals surface area contributed by atoms with Crippen LogP contribution in [0.3, 0.4) is 0 Å². The SMILES string of the molecule is CCCNC(=O)CCCOc1ccc(C2SC(CC(=O)O)C(=O)N2Cc2ccccc2)cc1. The number of aliphatic carboxylic acids is 1. The number of hydrogen-bond donors (Lipinski definition) is 2. The quantitative estimate of drug-likeness (QED) is 0.456. The fourth-order valence-electron chi connectivity index (χ4n) is 3.59. The molecule has 0 radical (unpaired) electrons. The molecule has 2 unspecified atom stereocenters. The van der Waals surface area contributed by atoms with Crippen LogP contribution in [-0.4, -0.2) is 46.2 Å². The van der Waals surface area contributed by atoms with Crippen molar-refractivity contribution in [1.82, 2.24) is 10.2 Å². The van der Waals surface area contributed by atoms with E-state index in [1.807, 2.05) is 61.5 Å². The molecule has 2 amide bonds. The number of ether oxygens (including phenoxy) is 1. The molecule has 176 valence electrons. The van der Waals surface area contributed by atoms with Crippen LogP contribution in [0.2, 0.25) is 0 Å². The highest BCUT2D eigenvalue weighted by Crippen LogP contribution is 2.45. The highest BCUT2D eigenvalue weighted by molar-refractivity contribution is 8.01. The highest BCUT2D eigenvalue weighted by atomic mass is 32.2. The van der Waals surface area contributed by atoms with Gasteiger partial charge in [0.25, 0.3) is 0 Å². The van der Waals surface area contributed by atoms with Gasteiger partial charge in [0.2, 0.25) is 11.8 Å². The third kappa shape index (κ3) is 7.25. The lowest BCUT2D eigenvalue weighted by Gasteiger charge is -2.24. The molecule has 3 rings (SSSR count). The second-order valence-electron chi connectivity index (χ2n) is 7.90. The minimum atomic E-state index is -0.978. The van der Waals surface area contributed by atoms with Gasteiger partial charge in [0, 0.05) is 19.5 Å². The van der Waals surface area contributed by atoms with Crippen LogP contribution in [0.1, 0.15) is 49.1 Å². The van der Waals surface area contributed by atoms with Gasteiger partial charge in [-0.25, -0.2) is 0 Å². The van der Waals surface area contributed by atoms with Crippen molar-refractivity contribution in [2.24, 2.45) is 0 Å². The Morgan fingerprint density at radius 2 is 1.85 bits per heavy atom. The van der Waals surface area contributed by atoms with Gasteiger partial charge in [0.1, 0.15) is 11.1 Å². The van der Waals surface area contributed by atoms with E-state index in [2.05, 4.69) is 5.32 Å². The van der Waals surface area contributed by atoms with Gasteiger partial charge in [-0.1, -0.05) is 49.4 Å². The summed E-state index contributed by atoms with van der Waals surface area (Å²) in [7, 11) is 0. The van der Waals surface area contributed by atoms with E-state index in [1.165, 1.54) is 11.8 Å². The van der Waals surface area contributed by atoms with Gasteiger partial charge in [0.15, 0.2) is 0 Å². The lowest BCUT2D eigenvalue weighted by atomic mass is 10.1. The number of nitrogens with zero attached hydrogens (tertiary/aromatic N) is 1. The van der Waals surface area contributed by atoms with Crippen LogP contribution in [0.5, 0.6) is 5.75 Å². The Morgan fingerprint density at radius 3 is 2.52 bits per heavy atom. The molecule has 1 aliphatic heterocycles. The molecule has 1 fully saturated rings. The zero-order chi connectivity index (χ0) is 23.6. The van der Waals surface area contributed by atoms with Crippen molar-refractivity contribution in [3.05, 3.63) is 65.7 Å². The number of carbonyl (C=O) groups excluding carboxylic acids is 2. The number of nitrogens with one attached hydrogen (secondary N) is 1. The molecule has 2 aromatic carbocycles. The largest absolute Gasteiger partial charge is 0.494 e. The van der Waals surface area contributed by atoms with Crippen molar-refractivity contribution in [3.8, 4) is 5.75 Å². The van der Waals surface area contributed by atoms with Gasteiger partial charge in [-0.05, 0) is 36.1 Å². The van der Waals surface area contributed by atoms with Gasteiger partial charge in [-0.3, -0.25) is 14.4 Å². The summed E-state index contributed by atoms with van der Waals surface area (Å²) in [6, 6.07) is 17.2. The number of hydrogen-bond acceptors (Lipinski definition) is 5. The van der Waals surface area contributed by atoms with E-state index in [0.717, 1.165) is 17.5 Å². The van der Waals surface area contributed by atoms with Crippen LogP contribution in [0.15, 0.2) is 54.6 Å². The maximum atomic E-state index is 13.0. The third-order valence-electron chi connectivity index (χ3n) is 5.24. The minimum Gasteiger partial charge on any atom is -0.494 e. The molecular weight excluding hydrogens is 440 g/mol. The third-order valence-corrected chi connectivity index (χ3v) is 6.73. The van der Waals surface area contributed by atoms with Gasteiger partial charge in [-0.15, -0.1) is 11.8 Å². The molecule has 8 heteroatoms. The Kier molecular flexibility index (Phi) is 9.18. The van der Waals surface area contributed by atoms with E-state index in [1.54, 1.807) is 4.90 Å². The van der Waals surface area contributed by atoms with E-state index < -0.39 is 11.2 Å². The van der Waals surface area contributed by atoms with Crippen LogP contribution in [0.4, 0.5) is 0 Å². The summed E-state index contributed by atoms with van der Waals surface area (Å²) < 4.78 is 5.75. The molecule has 1 heterocycles. The summed E-state index contributed by atoms with van der Waals surface area (Å²) in [5.41, 5.74) is 1.92. The number of rotatable bonds is 12. The summed E-state index contributed by atoms with van der Waals surface area (Å²) in [5, 5.41) is 11.2. The topological polar surface area (TPSA) is 95.9 Å². The molecule has 0 bridgehead atoms. The molecular formula is C25H30N2O5S. The summed E-state index contributed by atoms with van der Waals surface area (Å²) in [5.74, 6) is -0.405. The van der Waals surface area contributed by atoms with Gasteiger partial charge in [0.05, 0.1) is 18.3 Å². The Bertz CT molecular complexity index is 936. The van der Waals surface area contributed by atoms with Gasteiger partial charge in [-0.2, -0.15) is 0 Å². The predicted octanol–water partition coefficient (Wildman–Crippen LogP) is 3.99. The van der Waals surface area contributed by atoms with E-state index >= 15 is 0 Å². The smallest absolute Gasteiger partial charge is 0.305 e. The molecule has 0 aromatic heterocycles. The Morgan fingerprint density at radius 1 is 1.12 bits per heavy atom. The van der Waals surface area contributed by atoms with Crippen LogP contribution >= 0.6 is 11.8 Å². The van der Waals surface area contributed by atoms with Crippen LogP contribution in [0, 0.1) is 0 Å². The van der Waals surface area contributed by atoms with Crippen LogP contribution in [0.25, 0.3) is 0 Å². The van der Waals surface area contributed by atoms with Crippen LogP contribution in [-0.2, 0) is 20.9 Å². The van der Waals surface area contributed by atoms with E-state index in [4.69, 9.17) is 4.74 Å². The predicted molar refractivity (Wildman–Crippen MR) is 128 cm³/mol. The second kappa shape index (κ2) is 12.3. The van der Waals surface area contributed by atoms with E-state index in [0.29, 0.717) is 38.3 Å². The van der Waals surface area contributed by atoms with Crippen molar-refractivity contribution in [2.75, 3.05) is 13.2 Å². The highest BCUT2D eigenvalue weighted by Gasteiger charge is 2.41. The maximum absolute atomic E-state index is 13.0. The zero-order valence-electron chi connectivity index (χ0n) is 18.7. The Labute approximate surface area is 198 Å². The first-order valence-electron chi connectivity index (χ1n) is 11.2. The summed E-state index contributed by atoms with van der Waals surface area (Å²) in [6.45, 7) is 3.57. The van der Waals surface area contributed by atoms with Crippen LogP contribution < -0.4 is 10.1 Å². The van der Waals surface area contributed by atoms with Crippen molar-refractivity contribution in [2.45, 2.75) is 49.8 Å². The number of benzene rings is 2. The average molecular weight is 471 g/mol.